The molecule has 0 aliphatic carbocycles. The Kier molecular flexibility index (Phi) is 8.53. The lowest BCUT2D eigenvalue weighted by molar-refractivity contribution is -0.125. The van der Waals surface area contributed by atoms with Crippen molar-refractivity contribution in [2.45, 2.75) is 45.2 Å². The Morgan fingerprint density at radius 1 is 1.30 bits per heavy atom. The maximum Gasteiger partial charge on any atom is 0.238 e. The minimum absolute atomic E-state index is 0.0810. The molecule has 1 aromatic carbocycles. The second-order valence-corrected chi connectivity index (χ2v) is 8.69. The zero-order chi connectivity index (χ0) is 19.7. The van der Waals surface area contributed by atoms with E-state index in [2.05, 4.69) is 5.32 Å². The summed E-state index contributed by atoms with van der Waals surface area (Å²) < 4.78 is 36.8. The van der Waals surface area contributed by atoms with E-state index in [4.69, 9.17) is 9.47 Å². The number of nitrogens with zero attached hydrogens (tertiary/aromatic N) is 1. The van der Waals surface area contributed by atoms with Crippen molar-refractivity contribution in [1.29, 1.82) is 0 Å². The van der Waals surface area contributed by atoms with Crippen LogP contribution in [0.25, 0.3) is 0 Å². The lowest BCUT2D eigenvalue weighted by atomic mass is 10.0. The standard InChI is InChI=1S/C19H30N2O5S/c1-3-13-27(23,24)21-10-5-4-9-18(21)19(22)20-15-16-7-6-8-17(14-16)26-12-11-25-2/h6-8,14,18H,3-5,9-13,15H2,1-2H3,(H,20,22). The van der Waals surface area contributed by atoms with Crippen molar-refractivity contribution >= 4 is 15.9 Å². The summed E-state index contributed by atoms with van der Waals surface area (Å²) in [5.41, 5.74) is 0.900. The first-order valence-electron chi connectivity index (χ1n) is 9.46. The third kappa shape index (κ3) is 6.48. The molecule has 1 heterocycles. The normalized spacial score (nSPS) is 18.2. The Hall–Kier alpha value is -1.64. The first kappa shape index (κ1) is 21.7. The maximum absolute atomic E-state index is 12.7. The molecular formula is C19H30N2O5S. The number of hydrogen-bond acceptors (Lipinski definition) is 5. The fraction of sp³-hybridized carbons (Fsp3) is 0.632. The monoisotopic (exact) mass is 398 g/mol. The highest BCUT2D eigenvalue weighted by Gasteiger charge is 2.35. The van der Waals surface area contributed by atoms with Crippen LogP contribution >= 0.6 is 0 Å². The Morgan fingerprint density at radius 2 is 2.11 bits per heavy atom. The van der Waals surface area contributed by atoms with E-state index in [9.17, 15) is 13.2 Å². The fourth-order valence-electron chi connectivity index (χ4n) is 3.17. The Morgan fingerprint density at radius 3 is 2.85 bits per heavy atom. The van der Waals surface area contributed by atoms with Gasteiger partial charge in [0.15, 0.2) is 0 Å². The van der Waals surface area contributed by atoms with Crippen molar-refractivity contribution in [1.82, 2.24) is 9.62 Å². The van der Waals surface area contributed by atoms with Crippen molar-refractivity contribution in [3.63, 3.8) is 0 Å². The topological polar surface area (TPSA) is 84.9 Å². The quantitative estimate of drug-likeness (QED) is 0.609. The summed E-state index contributed by atoms with van der Waals surface area (Å²) in [6, 6.07) is 6.86. The van der Waals surface area contributed by atoms with Gasteiger partial charge in [0.2, 0.25) is 15.9 Å². The van der Waals surface area contributed by atoms with Gasteiger partial charge < -0.3 is 14.8 Å². The number of benzene rings is 1. The van der Waals surface area contributed by atoms with Gasteiger partial charge in [0, 0.05) is 20.2 Å². The third-order valence-corrected chi connectivity index (χ3v) is 6.57. The highest BCUT2D eigenvalue weighted by atomic mass is 32.2. The molecule has 7 nitrogen and oxygen atoms in total. The van der Waals surface area contributed by atoms with E-state index >= 15 is 0 Å². The van der Waals surface area contributed by atoms with E-state index in [1.54, 1.807) is 7.11 Å². The summed E-state index contributed by atoms with van der Waals surface area (Å²) in [4.78, 5) is 12.7. The Balaban J connectivity index is 1.96. The van der Waals surface area contributed by atoms with Crippen LogP contribution in [0.15, 0.2) is 24.3 Å². The highest BCUT2D eigenvalue weighted by Crippen LogP contribution is 2.22. The van der Waals surface area contributed by atoms with Crippen LogP contribution in [0, 0.1) is 0 Å². The number of nitrogens with one attached hydrogen (secondary N) is 1. The van der Waals surface area contributed by atoms with Gasteiger partial charge in [-0.3, -0.25) is 4.79 Å². The van der Waals surface area contributed by atoms with Gasteiger partial charge in [-0.05, 0) is 37.0 Å². The summed E-state index contributed by atoms with van der Waals surface area (Å²) >= 11 is 0. The molecule has 1 atom stereocenters. The van der Waals surface area contributed by atoms with Crippen LogP contribution in [0.2, 0.25) is 0 Å². The number of piperidine rings is 1. The lowest BCUT2D eigenvalue weighted by Gasteiger charge is -2.33. The molecule has 1 amide bonds. The summed E-state index contributed by atoms with van der Waals surface area (Å²) in [7, 11) is -1.77. The molecular weight excluding hydrogens is 368 g/mol. The van der Waals surface area contributed by atoms with Crippen molar-refractivity contribution in [3.8, 4) is 5.75 Å². The molecule has 1 aliphatic rings. The van der Waals surface area contributed by atoms with Crippen LogP contribution in [-0.4, -0.2) is 57.3 Å². The summed E-state index contributed by atoms with van der Waals surface area (Å²) in [5, 5.41) is 2.88. The second kappa shape index (κ2) is 10.6. The van der Waals surface area contributed by atoms with E-state index in [0.717, 1.165) is 18.4 Å². The first-order chi connectivity index (χ1) is 13.0. The largest absolute Gasteiger partial charge is 0.491 e. The first-order valence-corrected chi connectivity index (χ1v) is 11.1. The molecule has 2 rings (SSSR count). The van der Waals surface area contributed by atoms with E-state index in [-0.39, 0.29) is 11.7 Å². The number of carbonyl (C=O) groups is 1. The van der Waals surface area contributed by atoms with Crippen molar-refractivity contribution < 1.29 is 22.7 Å². The smallest absolute Gasteiger partial charge is 0.238 e. The molecule has 0 bridgehead atoms. The number of methoxy groups -OCH3 is 1. The third-order valence-electron chi connectivity index (χ3n) is 4.50. The number of sulfonamides is 1. The van der Waals surface area contributed by atoms with Gasteiger partial charge in [0.25, 0.3) is 0 Å². The molecule has 1 aliphatic heterocycles. The second-order valence-electron chi connectivity index (χ2n) is 6.64. The Labute approximate surface area is 162 Å². The van der Waals surface area contributed by atoms with Crippen LogP contribution in [0.4, 0.5) is 0 Å². The zero-order valence-electron chi connectivity index (χ0n) is 16.1. The van der Waals surface area contributed by atoms with Crippen LogP contribution in [0.3, 0.4) is 0 Å². The zero-order valence-corrected chi connectivity index (χ0v) is 17.0. The van der Waals surface area contributed by atoms with E-state index in [0.29, 0.717) is 44.9 Å². The summed E-state index contributed by atoms with van der Waals surface area (Å²) in [5.74, 6) is 0.557. The van der Waals surface area contributed by atoms with Gasteiger partial charge in [-0.25, -0.2) is 8.42 Å². The molecule has 1 saturated heterocycles. The number of hydrogen-bond donors (Lipinski definition) is 1. The number of carbonyl (C=O) groups excluding carboxylic acids is 1. The molecule has 8 heteroatoms. The van der Waals surface area contributed by atoms with Gasteiger partial charge in [-0.15, -0.1) is 0 Å². The number of ether oxygens (including phenoxy) is 2. The highest BCUT2D eigenvalue weighted by molar-refractivity contribution is 7.89. The molecule has 0 radical (unpaired) electrons. The van der Waals surface area contributed by atoms with Gasteiger partial charge in [0.1, 0.15) is 18.4 Å². The SMILES string of the molecule is CCCS(=O)(=O)N1CCCCC1C(=O)NCc1cccc(OCCOC)c1. The molecule has 1 fully saturated rings. The average molecular weight is 399 g/mol. The molecule has 27 heavy (non-hydrogen) atoms. The van der Waals surface area contributed by atoms with E-state index in [1.807, 2.05) is 31.2 Å². The van der Waals surface area contributed by atoms with Gasteiger partial charge >= 0.3 is 0 Å². The average Bonchev–Trinajstić information content (AvgIpc) is 2.67. The molecule has 1 N–H and O–H groups in total. The minimum atomic E-state index is -3.39. The van der Waals surface area contributed by atoms with Crippen molar-refractivity contribution in [3.05, 3.63) is 29.8 Å². The molecule has 0 spiro atoms. The summed E-state index contributed by atoms with van der Waals surface area (Å²) in [6.45, 7) is 3.54. The van der Waals surface area contributed by atoms with Crippen molar-refractivity contribution in [2.75, 3.05) is 32.6 Å². The molecule has 1 aromatic rings. The Bertz CT molecular complexity index is 708. The van der Waals surface area contributed by atoms with E-state index < -0.39 is 16.1 Å². The van der Waals surface area contributed by atoms with Gasteiger partial charge in [-0.1, -0.05) is 25.5 Å². The fourth-order valence-corrected chi connectivity index (χ4v) is 4.92. The van der Waals surface area contributed by atoms with Crippen LogP contribution in [0.1, 0.15) is 38.2 Å². The van der Waals surface area contributed by atoms with Crippen LogP contribution in [-0.2, 0) is 26.1 Å². The van der Waals surface area contributed by atoms with Crippen molar-refractivity contribution in [2.24, 2.45) is 0 Å². The van der Waals surface area contributed by atoms with Crippen LogP contribution < -0.4 is 10.1 Å². The predicted molar refractivity (Wildman–Crippen MR) is 104 cm³/mol. The maximum atomic E-state index is 12.7. The number of amides is 1. The molecule has 0 saturated carbocycles. The summed E-state index contributed by atoms with van der Waals surface area (Å²) in [6.07, 6.45) is 2.77. The lowest BCUT2D eigenvalue weighted by Crippen LogP contribution is -2.52. The van der Waals surface area contributed by atoms with Gasteiger partial charge in [0.05, 0.1) is 12.4 Å². The molecule has 0 aromatic heterocycles. The minimum Gasteiger partial charge on any atom is -0.491 e. The number of rotatable bonds is 10. The molecule has 1 unspecified atom stereocenters. The van der Waals surface area contributed by atoms with E-state index in [1.165, 1.54) is 4.31 Å². The van der Waals surface area contributed by atoms with Crippen LogP contribution in [0.5, 0.6) is 5.75 Å². The van der Waals surface area contributed by atoms with Gasteiger partial charge in [-0.2, -0.15) is 4.31 Å². The molecule has 152 valence electrons. The predicted octanol–water partition coefficient (Wildman–Crippen LogP) is 1.92.